The maximum atomic E-state index is 12.8. The van der Waals surface area contributed by atoms with Crippen LogP contribution in [0.25, 0.3) is 0 Å². The third-order valence-corrected chi connectivity index (χ3v) is 7.30. The third kappa shape index (κ3) is 6.29. The Bertz CT molecular complexity index is 1120. The van der Waals surface area contributed by atoms with Crippen molar-refractivity contribution in [2.75, 3.05) is 18.0 Å². The fraction of sp³-hybridized carbons (Fsp3) is 0.435. The Balaban J connectivity index is 1.62. The summed E-state index contributed by atoms with van der Waals surface area (Å²) in [5.74, 6) is -0.381. The summed E-state index contributed by atoms with van der Waals surface area (Å²) in [5, 5.41) is 14.2. The highest BCUT2D eigenvalue weighted by Crippen LogP contribution is 2.31. The highest BCUT2D eigenvalue weighted by atomic mass is 32.2. The van der Waals surface area contributed by atoms with E-state index < -0.39 is 20.5 Å². The van der Waals surface area contributed by atoms with Crippen LogP contribution >= 0.6 is 0 Å². The van der Waals surface area contributed by atoms with Gasteiger partial charge >= 0.3 is 0 Å². The second-order valence-electron chi connectivity index (χ2n) is 9.19. The second-order valence-corrected chi connectivity index (χ2v) is 10.8. The summed E-state index contributed by atoms with van der Waals surface area (Å²) >= 11 is 0. The Morgan fingerprint density at radius 1 is 1.09 bits per heavy atom. The molecule has 0 radical (unpaired) electrons. The minimum absolute atomic E-state index is 0.0575. The number of nitro groups is 1. The van der Waals surface area contributed by atoms with Gasteiger partial charge in [-0.2, -0.15) is 0 Å². The number of nitrogens with one attached hydrogen (secondary N) is 2. The van der Waals surface area contributed by atoms with Gasteiger partial charge in [-0.1, -0.05) is 30.3 Å². The van der Waals surface area contributed by atoms with E-state index >= 15 is 0 Å². The lowest BCUT2D eigenvalue weighted by Crippen LogP contribution is -2.42. The molecular weight excluding hydrogens is 444 g/mol. The molecule has 33 heavy (non-hydrogen) atoms. The van der Waals surface area contributed by atoms with E-state index in [0.29, 0.717) is 37.2 Å². The van der Waals surface area contributed by atoms with Crippen molar-refractivity contribution < 1.29 is 18.1 Å². The standard InChI is InChI=1S/C23H30N4O5S/c1-23(2,3)25-33(31,32)21-11-7-4-8-18(21)16-24-22(28)17-12-14-26(15-13-17)19-9-5-6-10-20(19)27(29)30/h4-11,17,25H,12-16H2,1-3H3,(H,24,28). The summed E-state index contributed by atoms with van der Waals surface area (Å²) in [4.78, 5) is 25.8. The van der Waals surface area contributed by atoms with Crippen LogP contribution < -0.4 is 14.9 Å². The number of nitrogens with zero attached hydrogens (tertiary/aromatic N) is 2. The molecule has 2 aromatic carbocycles. The SMILES string of the molecule is CC(C)(C)NS(=O)(=O)c1ccccc1CNC(=O)C1CCN(c2ccccc2[N+](=O)[O-])CC1. The van der Waals surface area contributed by atoms with E-state index in [2.05, 4.69) is 10.0 Å². The highest BCUT2D eigenvalue weighted by molar-refractivity contribution is 7.89. The van der Waals surface area contributed by atoms with Gasteiger partial charge in [-0.3, -0.25) is 14.9 Å². The zero-order valence-corrected chi connectivity index (χ0v) is 19.9. The first kappa shape index (κ1) is 24.7. The molecule has 9 nitrogen and oxygen atoms in total. The molecule has 178 valence electrons. The number of para-hydroxylation sites is 2. The lowest BCUT2D eigenvalue weighted by Gasteiger charge is -2.32. The van der Waals surface area contributed by atoms with Gasteiger partial charge in [-0.05, 0) is 51.3 Å². The Morgan fingerprint density at radius 3 is 2.33 bits per heavy atom. The van der Waals surface area contributed by atoms with Crippen LogP contribution in [0.1, 0.15) is 39.2 Å². The molecule has 1 saturated heterocycles. The summed E-state index contributed by atoms with van der Waals surface area (Å²) in [7, 11) is -3.73. The lowest BCUT2D eigenvalue weighted by molar-refractivity contribution is -0.384. The topological polar surface area (TPSA) is 122 Å². The van der Waals surface area contributed by atoms with Crippen molar-refractivity contribution in [2.45, 2.75) is 50.6 Å². The van der Waals surface area contributed by atoms with E-state index in [0.717, 1.165) is 0 Å². The Hall–Kier alpha value is -2.98. The first-order chi connectivity index (χ1) is 15.5. The molecule has 1 amide bonds. The van der Waals surface area contributed by atoms with E-state index in [-0.39, 0.29) is 29.0 Å². The maximum Gasteiger partial charge on any atom is 0.292 e. The van der Waals surface area contributed by atoms with Crippen molar-refractivity contribution in [3.8, 4) is 0 Å². The van der Waals surface area contributed by atoms with Crippen molar-refractivity contribution in [3.63, 3.8) is 0 Å². The molecule has 3 rings (SSSR count). The zero-order valence-electron chi connectivity index (χ0n) is 19.1. The van der Waals surface area contributed by atoms with Crippen molar-refractivity contribution in [3.05, 3.63) is 64.2 Å². The molecule has 0 atom stereocenters. The van der Waals surface area contributed by atoms with Crippen molar-refractivity contribution in [1.82, 2.24) is 10.0 Å². The molecule has 0 spiro atoms. The molecule has 0 aromatic heterocycles. The van der Waals surface area contributed by atoms with Gasteiger partial charge in [-0.25, -0.2) is 13.1 Å². The highest BCUT2D eigenvalue weighted by Gasteiger charge is 2.29. The van der Waals surface area contributed by atoms with Crippen LogP contribution in [0, 0.1) is 16.0 Å². The minimum atomic E-state index is -3.73. The van der Waals surface area contributed by atoms with Crippen LogP contribution in [0.4, 0.5) is 11.4 Å². The molecular formula is C23H30N4O5S. The number of anilines is 1. The molecule has 2 aromatic rings. The fourth-order valence-electron chi connectivity index (χ4n) is 3.97. The van der Waals surface area contributed by atoms with E-state index in [1.54, 1.807) is 57.2 Å². The van der Waals surface area contributed by atoms with Gasteiger partial charge in [-0.15, -0.1) is 0 Å². The smallest absolute Gasteiger partial charge is 0.292 e. The number of nitro benzene ring substituents is 1. The Labute approximate surface area is 194 Å². The normalized spacial score (nSPS) is 15.3. The van der Waals surface area contributed by atoms with E-state index in [1.807, 2.05) is 4.90 Å². The molecule has 0 aliphatic carbocycles. The number of hydrogen-bond acceptors (Lipinski definition) is 6. The first-order valence-corrected chi connectivity index (χ1v) is 12.3. The molecule has 0 bridgehead atoms. The number of hydrogen-bond donors (Lipinski definition) is 2. The molecule has 1 aliphatic heterocycles. The van der Waals surface area contributed by atoms with Gasteiger partial charge in [0.15, 0.2) is 0 Å². The molecule has 10 heteroatoms. The number of carbonyl (C=O) groups excluding carboxylic acids is 1. The fourth-order valence-corrected chi connectivity index (χ4v) is 5.62. The van der Waals surface area contributed by atoms with E-state index in [1.165, 1.54) is 12.1 Å². The number of rotatable bonds is 7. The number of carbonyl (C=O) groups is 1. The Kier molecular flexibility index (Phi) is 7.38. The van der Waals surface area contributed by atoms with E-state index in [9.17, 15) is 23.3 Å². The predicted octanol–water partition coefficient (Wildman–Crippen LogP) is 3.20. The third-order valence-electron chi connectivity index (χ3n) is 5.44. The Morgan fingerprint density at radius 2 is 1.70 bits per heavy atom. The van der Waals surface area contributed by atoms with Gasteiger partial charge in [0.05, 0.1) is 9.82 Å². The molecule has 2 N–H and O–H groups in total. The number of piperidine rings is 1. The average Bonchev–Trinajstić information content (AvgIpc) is 2.76. The number of benzene rings is 2. The largest absolute Gasteiger partial charge is 0.366 e. The van der Waals surface area contributed by atoms with Crippen LogP contribution in [0.15, 0.2) is 53.4 Å². The van der Waals surface area contributed by atoms with Crippen molar-refractivity contribution in [1.29, 1.82) is 0 Å². The average molecular weight is 475 g/mol. The number of sulfonamides is 1. The predicted molar refractivity (Wildman–Crippen MR) is 126 cm³/mol. The lowest BCUT2D eigenvalue weighted by atomic mass is 9.95. The van der Waals surface area contributed by atoms with Crippen LogP contribution in [-0.4, -0.2) is 37.9 Å². The zero-order chi connectivity index (χ0) is 24.2. The second kappa shape index (κ2) is 9.88. The summed E-state index contributed by atoms with van der Waals surface area (Å²) in [6.45, 7) is 6.47. The molecule has 0 saturated carbocycles. The van der Waals surface area contributed by atoms with Gasteiger partial charge in [0, 0.05) is 37.2 Å². The summed E-state index contributed by atoms with van der Waals surface area (Å²) in [6, 6.07) is 13.2. The first-order valence-electron chi connectivity index (χ1n) is 10.9. The molecule has 0 unspecified atom stereocenters. The summed E-state index contributed by atoms with van der Waals surface area (Å²) in [6.07, 6.45) is 1.12. The van der Waals surface area contributed by atoms with Gasteiger partial charge in [0.2, 0.25) is 15.9 Å². The minimum Gasteiger partial charge on any atom is -0.366 e. The number of amides is 1. The monoisotopic (exact) mass is 474 g/mol. The summed E-state index contributed by atoms with van der Waals surface area (Å²) in [5.41, 5.74) is 0.505. The molecule has 1 heterocycles. The van der Waals surface area contributed by atoms with Crippen molar-refractivity contribution in [2.24, 2.45) is 5.92 Å². The van der Waals surface area contributed by atoms with Crippen LogP contribution in [0.3, 0.4) is 0 Å². The van der Waals surface area contributed by atoms with E-state index in [4.69, 9.17) is 0 Å². The van der Waals surface area contributed by atoms with Gasteiger partial charge in [0.1, 0.15) is 5.69 Å². The summed E-state index contributed by atoms with van der Waals surface area (Å²) < 4.78 is 28.2. The maximum absolute atomic E-state index is 12.8. The van der Waals surface area contributed by atoms with Crippen LogP contribution in [0.2, 0.25) is 0 Å². The quantitative estimate of drug-likeness (QED) is 0.469. The molecule has 1 aliphatic rings. The van der Waals surface area contributed by atoms with Crippen LogP contribution in [-0.2, 0) is 21.4 Å². The van der Waals surface area contributed by atoms with Gasteiger partial charge < -0.3 is 10.2 Å². The van der Waals surface area contributed by atoms with Gasteiger partial charge in [0.25, 0.3) is 5.69 Å². The van der Waals surface area contributed by atoms with Crippen LogP contribution in [0.5, 0.6) is 0 Å². The molecule has 1 fully saturated rings. The van der Waals surface area contributed by atoms with Crippen molar-refractivity contribution >= 4 is 27.3 Å².